The summed E-state index contributed by atoms with van der Waals surface area (Å²) in [5.41, 5.74) is 7.04. The number of aromatic carboxylic acids is 1. The molecule has 0 radical (unpaired) electrons. The summed E-state index contributed by atoms with van der Waals surface area (Å²) in [4.78, 5) is 11.5. The summed E-state index contributed by atoms with van der Waals surface area (Å²) >= 11 is 1.81. The molecule has 2 N–H and O–H groups in total. The van der Waals surface area contributed by atoms with Crippen molar-refractivity contribution in [2.24, 2.45) is 51.2 Å². The zero-order valence-corrected chi connectivity index (χ0v) is 29.4. The third-order valence-electron chi connectivity index (χ3n) is 15.3. The molecule has 4 fully saturated rings. The summed E-state index contributed by atoms with van der Waals surface area (Å²) < 4.78 is 0. The fraction of sp³-hybridized carbons (Fsp3) is 0.634. The first-order valence-corrected chi connectivity index (χ1v) is 18.7. The van der Waals surface area contributed by atoms with Crippen molar-refractivity contribution in [3.05, 3.63) is 76.0 Å². The summed E-state index contributed by atoms with van der Waals surface area (Å²) in [6.45, 7) is 21.0. The number of rotatable bonds is 6. The molecule has 242 valence electrons. The van der Waals surface area contributed by atoms with Gasteiger partial charge in [0.15, 0.2) is 0 Å². The van der Waals surface area contributed by atoms with Crippen LogP contribution in [0.3, 0.4) is 0 Å². The highest BCUT2D eigenvalue weighted by atomic mass is 32.1. The maximum atomic E-state index is 11.5. The number of nitrogens with one attached hydrogen (secondary N) is 1. The molecule has 0 amide bonds. The van der Waals surface area contributed by atoms with Gasteiger partial charge in [0.2, 0.25) is 0 Å². The predicted molar refractivity (Wildman–Crippen MR) is 187 cm³/mol. The Kier molecular flexibility index (Phi) is 7.45. The van der Waals surface area contributed by atoms with Crippen molar-refractivity contribution in [2.75, 3.05) is 0 Å². The van der Waals surface area contributed by atoms with Gasteiger partial charge in [-0.2, -0.15) is 11.3 Å². The molecule has 1 aromatic heterocycles. The summed E-state index contributed by atoms with van der Waals surface area (Å²) in [6, 6.07) is 9.94. The number of carboxylic acid groups (broad SMARTS) is 1. The average molecular weight is 626 g/mol. The van der Waals surface area contributed by atoms with Gasteiger partial charge in [0, 0.05) is 12.1 Å². The predicted octanol–water partition coefficient (Wildman–Crippen LogP) is 10.6. The van der Waals surface area contributed by atoms with E-state index in [1.807, 2.05) is 23.5 Å². The van der Waals surface area contributed by atoms with Crippen LogP contribution < -0.4 is 5.32 Å². The first-order chi connectivity index (χ1) is 21.3. The van der Waals surface area contributed by atoms with Crippen LogP contribution in [0.1, 0.15) is 121 Å². The molecule has 4 saturated carbocycles. The van der Waals surface area contributed by atoms with Gasteiger partial charge in [0.05, 0.1) is 5.56 Å². The topological polar surface area (TPSA) is 49.3 Å². The van der Waals surface area contributed by atoms with E-state index in [2.05, 4.69) is 76.3 Å². The molecule has 3 nitrogen and oxygen atoms in total. The summed E-state index contributed by atoms with van der Waals surface area (Å²) in [6.07, 6.45) is 14.2. The quantitative estimate of drug-likeness (QED) is 0.314. The van der Waals surface area contributed by atoms with E-state index in [4.69, 9.17) is 0 Å². The normalized spacial score (nSPS) is 41.6. The average Bonchev–Trinajstić information content (AvgIpc) is 3.65. The molecule has 5 aliphatic carbocycles. The number of allylic oxidation sites excluding steroid dienone is 3. The largest absolute Gasteiger partial charge is 0.478 e. The Bertz CT molecular complexity index is 1500. The van der Waals surface area contributed by atoms with Gasteiger partial charge >= 0.3 is 5.97 Å². The number of thiophene rings is 1. The Balaban J connectivity index is 1.21. The van der Waals surface area contributed by atoms with Gasteiger partial charge in [0.25, 0.3) is 0 Å². The highest BCUT2D eigenvalue weighted by Gasteiger charge is 2.70. The Morgan fingerprint density at radius 3 is 2.36 bits per heavy atom. The van der Waals surface area contributed by atoms with Crippen molar-refractivity contribution >= 4 is 22.9 Å². The molecule has 0 saturated heterocycles. The second-order valence-corrected chi connectivity index (χ2v) is 18.0. The van der Waals surface area contributed by atoms with Gasteiger partial charge in [-0.3, -0.25) is 0 Å². The fourth-order valence-electron chi connectivity index (χ4n) is 13.0. The monoisotopic (exact) mass is 625 g/mol. The second-order valence-electron chi connectivity index (χ2n) is 17.3. The lowest BCUT2D eigenvalue weighted by Crippen LogP contribution is -2.67. The van der Waals surface area contributed by atoms with E-state index >= 15 is 0 Å². The van der Waals surface area contributed by atoms with Gasteiger partial charge in [-0.1, -0.05) is 65.0 Å². The van der Waals surface area contributed by atoms with Crippen molar-refractivity contribution in [2.45, 2.75) is 111 Å². The molecular weight excluding hydrogens is 571 g/mol. The molecule has 4 heteroatoms. The van der Waals surface area contributed by atoms with E-state index in [0.717, 1.165) is 18.9 Å². The minimum absolute atomic E-state index is 0.0423. The van der Waals surface area contributed by atoms with E-state index in [-0.39, 0.29) is 16.4 Å². The maximum Gasteiger partial charge on any atom is 0.335 e. The van der Waals surface area contributed by atoms with Crippen LogP contribution in [0.2, 0.25) is 0 Å². The molecule has 9 atom stereocenters. The van der Waals surface area contributed by atoms with Crippen molar-refractivity contribution in [1.29, 1.82) is 0 Å². The van der Waals surface area contributed by atoms with Crippen LogP contribution in [0.4, 0.5) is 0 Å². The number of hydrogen-bond donors (Lipinski definition) is 2. The third-order valence-corrected chi connectivity index (χ3v) is 16.0. The number of hydrogen-bond acceptors (Lipinski definition) is 3. The van der Waals surface area contributed by atoms with Crippen molar-refractivity contribution in [1.82, 2.24) is 5.32 Å². The first kappa shape index (κ1) is 31.4. The Hall–Kier alpha value is -2.17. The van der Waals surface area contributed by atoms with Crippen LogP contribution in [-0.2, 0) is 6.54 Å². The zero-order valence-electron chi connectivity index (χ0n) is 28.5. The minimum Gasteiger partial charge on any atom is -0.478 e. The molecule has 0 spiro atoms. The first-order valence-electron chi connectivity index (χ1n) is 17.7. The van der Waals surface area contributed by atoms with Crippen molar-refractivity contribution in [3.63, 3.8) is 0 Å². The van der Waals surface area contributed by atoms with Crippen LogP contribution in [0.15, 0.2) is 59.3 Å². The van der Waals surface area contributed by atoms with Crippen LogP contribution in [-0.4, -0.2) is 16.6 Å². The molecule has 9 unspecified atom stereocenters. The van der Waals surface area contributed by atoms with Gasteiger partial charge in [-0.25, -0.2) is 4.79 Å². The van der Waals surface area contributed by atoms with Crippen molar-refractivity contribution < 1.29 is 9.90 Å². The van der Waals surface area contributed by atoms with E-state index in [1.165, 1.54) is 73.6 Å². The van der Waals surface area contributed by atoms with Crippen molar-refractivity contribution in [3.8, 4) is 0 Å². The van der Waals surface area contributed by atoms with Gasteiger partial charge in [-0.15, -0.1) is 0 Å². The molecule has 0 aliphatic heterocycles. The van der Waals surface area contributed by atoms with E-state index in [1.54, 1.807) is 12.1 Å². The molecule has 1 heterocycles. The number of carbonyl (C=O) groups is 1. The molecule has 7 rings (SSSR count). The van der Waals surface area contributed by atoms with Crippen LogP contribution in [0, 0.1) is 51.2 Å². The molecular formula is C41H55NO2S. The Labute approximate surface area is 276 Å². The summed E-state index contributed by atoms with van der Waals surface area (Å²) in [5.74, 6) is 2.52. The smallest absolute Gasteiger partial charge is 0.335 e. The lowest BCUT2D eigenvalue weighted by molar-refractivity contribution is -0.219. The minimum atomic E-state index is -0.855. The van der Waals surface area contributed by atoms with E-state index in [0.29, 0.717) is 40.1 Å². The standard InChI is InChI=1S/C41H55NO2S/c1-26(2)30-14-20-41(42-24-27-17-23-45-25-27)22-21-39(6)32(35(30)41)12-13-34-38(5)18-15-31(28-8-10-29(11-9-28)36(43)44)37(3,4)33(38)16-19-40(34,39)7/h8-11,15,17,23,25,30,32-35,42H,1,12-14,16,18-22,24H2,2-7H3,(H,43,44). The van der Waals surface area contributed by atoms with Crippen LogP contribution >= 0.6 is 11.3 Å². The lowest BCUT2D eigenvalue weighted by atomic mass is 9.33. The zero-order chi connectivity index (χ0) is 32.0. The molecule has 1 aromatic carbocycles. The Morgan fingerprint density at radius 2 is 1.69 bits per heavy atom. The van der Waals surface area contributed by atoms with Crippen LogP contribution in [0.5, 0.6) is 0 Å². The third kappa shape index (κ3) is 4.47. The lowest BCUT2D eigenvalue weighted by Gasteiger charge is -2.72. The van der Waals surface area contributed by atoms with E-state index < -0.39 is 5.97 Å². The highest BCUT2D eigenvalue weighted by molar-refractivity contribution is 7.07. The maximum absolute atomic E-state index is 11.5. The number of fused-ring (bicyclic) bond motifs is 7. The van der Waals surface area contributed by atoms with E-state index in [9.17, 15) is 9.90 Å². The number of carboxylic acids is 1. The van der Waals surface area contributed by atoms with Gasteiger partial charge in [0.1, 0.15) is 0 Å². The van der Waals surface area contributed by atoms with Gasteiger partial charge in [-0.05, 0) is 162 Å². The van der Waals surface area contributed by atoms with Crippen LogP contribution in [0.25, 0.3) is 5.57 Å². The van der Waals surface area contributed by atoms with Gasteiger partial charge < -0.3 is 10.4 Å². The molecule has 0 bridgehead atoms. The molecule has 5 aliphatic rings. The second kappa shape index (κ2) is 10.7. The fourth-order valence-corrected chi connectivity index (χ4v) is 13.7. The molecule has 45 heavy (non-hydrogen) atoms. The SMILES string of the molecule is C=C(C)C1CCC2(NCc3ccsc3)CCC3(C)C(CCC4C5(C)CC=C(c6ccc(C(=O)O)cc6)C(C)(C)C5CCC43C)C12. The Morgan fingerprint density at radius 1 is 0.933 bits per heavy atom. The highest BCUT2D eigenvalue weighted by Crippen LogP contribution is 2.76. The molecule has 2 aromatic rings. The summed E-state index contributed by atoms with van der Waals surface area (Å²) in [7, 11) is 0. The number of benzene rings is 1. The summed E-state index contributed by atoms with van der Waals surface area (Å²) in [5, 5.41) is 18.2.